The molecule has 0 aromatic carbocycles. The summed E-state index contributed by atoms with van der Waals surface area (Å²) in [5, 5.41) is 0. The van der Waals surface area contributed by atoms with Crippen LogP contribution in [0.3, 0.4) is 0 Å². The molecule has 0 aromatic heterocycles. The predicted molar refractivity (Wildman–Crippen MR) is 77.9 cm³/mol. The van der Waals surface area contributed by atoms with Gasteiger partial charge in [-0.15, -0.1) is 0 Å². The van der Waals surface area contributed by atoms with E-state index in [0.29, 0.717) is 6.54 Å². The summed E-state index contributed by atoms with van der Waals surface area (Å²) in [6.07, 6.45) is 4.81. The Morgan fingerprint density at radius 3 is 2.32 bits per heavy atom. The van der Waals surface area contributed by atoms with E-state index in [9.17, 15) is 4.79 Å². The molecule has 1 saturated heterocycles. The number of nitrogens with zero attached hydrogens (tertiary/aromatic N) is 1. The topological polar surface area (TPSA) is 55.6 Å². The van der Waals surface area contributed by atoms with Gasteiger partial charge in [-0.1, -0.05) is 26.7 Å². The van der Waals surface area contributed by atoms with Crippen LogP contribution < -0.4 is 5.73 Å². The van der Waals surface area contributed by atoms with Crippen LogP contribution in [-0.2, 0) is 9.53 Å². The van der Waals surface area contributed by atoms with Crippen LogP contribution in [-0.4, -0.2) is 43.2 Å². The zero-order chi connectivity index (χ0) is 14.5. The quantitative estimate of drug-likeness (QED) is 0.771. The van der Waals surface area contributed by atoms with Gasteiger partial charge in [-0.3, -0.25) is 4.79 Å². The standard InChI is InChI=1S/C15H30N2O2/c1-5-8-15(11-16,9-6-2)14(18)17(4)13-7-10-19-12(13)3/h12-13H,5-11,16H2,1-4H3. The summed E-state index contributed by atoms with van der Waals surface area (Å²) in [5.41, 5.74) is 5.60. The number of hydrogen-bond donors (Lipinski definition) is 1. The molecular weight excluding hydrogens is 240 g/mol. The van der Waals surface area contributed by atoms with Crippen LogP contribution in [0.2, 0.25) is 0 Å². The molecule has 0 aromatic rings. The van der Waals surface area contributed by atoms with Gasteiger partial charge in [0.15, 0.2) is 0 Å². The molecule has 2 unspecified atom stereocenters. The van der Waals surface area contributed by atoms with Gasteiger partial charge in [0.05, 0.1) is 17.6 Å². The lowest BCUT2D eigenvalue weighted by atomic mass is 9.77. The fourth-order valence-electron chi connectivity index (χ4n) is 3.34. The molecule has 1 aliphatic heterocycles. The number of likely N-dealkylation sites (N-methyl/N-ethyl adjacent to an activating group) is 1. The Balaban J connectivity index is 2.85. The zero-order valence-corrected chi connectivity index (χ0v) is 12.9. The van der Waals surface area contributed by atoms with Gasteiger partial charge in [0.1, 0.15) is 0 Å². The van der Waals surface area contributed by atoms with Crippen LogP contribution in [0.15, 0.2) is 0 Å². The van der Waals surface area contributed by atoms with E-state index >= 15 is 0 Å². The predicted octanol–water partition coefficient (Wildman–Crippen LogP) is 2.17. The molecule has 112 valence electrons. The SMILES string of the molecule is CCCC(CN)(CCC)C(=O)N(C)C1CCOC1C. The smallest absolute Gasteiger partial charge is 0.230 e. The van der Waals surface area contributed by atoms with Crippen molar-refractivity contribution in [1.82, 2.24) is 4.90 Å². The lowest BCUT2D eigenvalue weighted by Gasteiger charge is -2.38. The van der Waals surface area contributed by atoms with Crippen LogP contribution in [0, 0.1) is 5.41 Å². The molecule has 1 amide bonds. The van der Waals surface area contributed by atoms with Gasteiger partial charge >= 0.3 is 0 Å². The number of carbonyl (C=O) groups is 1. The van der Waals surface area contributed by atoms with Crippen molar-refractivity contribution < 1.29 is 9.53 Å². The zero-order valence-electron chi connectivity index (χ0n) is 12.9. The van der Waals surface area contributed by atoms with E-state index in [4.69, 9.17) is 10.5 Å². The molecule has 1 fully saturated rings. The van der Waals surface area contributed by atoms with E-state index in [1.807, 2.05) is 18.9 Å². The maximum absolute atomic E-state index is 12.9. The van der Waals surface area contributed by atoms with Crippen molar-refractivity contribution in [3.8, 4) is 0 Å². The van der Waals surface area contributed by atoms with E-state index in [0.717, 1.165) is 38.7 Å². The second kappa shape index (κ2) is 7.25. The fourth-order valence-corrected chi connectivity index (χ4v) is 3.34. The first-order chi connectivity index (χ1) is 9.02. The molecule has 19 heavy (non-hydrogen) atoms. The Labute approximate surface area is 117 Å². The Bertz CT molecular complexity index is 288. The van der Waals surface area contributed by atoms with Gasteiger partial charge in [-0.05, 0) is 26.2 Å². The minimum absolute atomic E-state index is 0.132. The van der Waals surface area contributed by atoms with Crippen LogP contribution in [0.4, 0.5) is 0 Å². The number of amides is 1. The van der Waals surface area contributed by atoms with Gasteiger partial charge in [-0.2, -0.15) is 0 Å². The Morgan fingerprint density at radius 1 is 1.37 bits per heavy atom. The van der Waals surface area contributed by atoms with Gasteiger partial charge in [0.25, 0.3) is 0 Å². The average Bonchev–Trinajstić information content (AvgIpc) is 2.83. The summed E-state index contributed by atoms with van der Waals surface area (Å²) in [6.45, 7) is 7.48. The van der Waals surface area contributed by atoms with Crippen molar-refractivity contribution in [2.75, 3.05) is 20.2 Å². The van der Waals surface area contributed by atoms with E-state index in [1.165, 1.54) is 0 Å². The monoisotopic (exact) mass is 270 g/mol. The highest BCUT2D eigenvalue weighted by Crippen LogP contribution is 2.33. The molecule has 4 heteroatoms. The Kier molecular flexibility index (Phi) is 6.27. The third kappa shape index (κ3) is 3.48. The minimum atomic E-state index is -0.374. The number of ether oxygens (including phenoxy) is 1. The highest BCUT2D eigenvalue weighted by atomic mass is 16.5. The van der Waals surface area contributed by atoms with Crippen LogP contribution >= 0.6 is 0 Å². The maximum Gasteiger partial charge on any atom is 0.230 e. The second-order valence-corrected chi connectivity index (χ2v) is 5.83. The van der Waals surface area contributed by atoms with E-state index in [1.54, 1.807) is 0 Å². The highest BCUT2D eigenvalue weighted by Gasteiger charge is 2.41. The van der Waals surface area contributed by atoms with E-state index in [2.05, 4.69) is 13.8 Å². The first-order valence-corrected chi connectivity index (χ1v) is 7.61. The Hall–Kier alpha value is -0.610. The van der Waals surface area contributed by atoms with Crippen molar-refractivity contribution in [2.45, 2.75) is 65.0 Å². The third-order valence-corrected chi connectivity index (χ3v) is 4.46. The van der Waals surface area contributed by atoms with Crippen molar-refractivity contribution in [2.24, 2.45) is 11.1 Å². The summed E-state index contributed by atoms with van der Waals surface area (Å²) in [6, 6.07) is 0.201. The molecule has 0 bridgehead atoms. The first kappa shape index (κ1) is 16.4. The Morgan fingerprint density at radius 2 is 1.95 bits per heavy atom. The van der Waals surface area contributed by atoms with Crippen molar-refractivity contribution >= 4 is 5.91 Å². The van der Waals surface area contributed by atoms with Crippen LogP contribution in [0.25, 0.3) is 0 Å². The molecule has 1 aliphatic rings. The molecule has 4 nitrogen and oxygen atoms in total. The van der Waals surface area contributed by atoms with Gasteiger partial charge < -0.3 is 15.4 Å². The summed E-state index contributed by atoms with van der Waals surface area (Å²) < 4.78 is 5.58. The van der Waals surface area contributed by atoms with Crippen molar-refractivity contribution in [1.29, 1.82) is 0 Å². The normalized spacial score (nSPS) is 23.6. The molecule has 1 rings (SSSR count). The molecular formula is C15H30N2O2. The molecule has 1 heterocycles. The summed E-state index contributed by atoms with van der Waals surface area (Å²) in [4.78, 5) is 14.8. The highest BCUT2D eigenvalue weighted by molar-refractivity contribution is 5.83. The molecule has 0 saturated carbocycles. The first-order valence-electron chi connectivity index (χ1n) is 7.61. The largest absolute Gasteiger partial charge is 0.376 e. The van der Waals surface area contributed by atoms with Crippen LogP contribution in [0.5, 0.6) is 0 Å². The molecule has 0 spiro atoms. The minimum Gasteiger partial charge on any atom is -0.376 e. The van der Waals surface area contributed by atoms with Gasteiger partial charge in [-0.25, -0.2) is 0 Å². The molecule has 2 atom stereocenters. The lowest BCUT2D eigenvalue weighted by molar-refractivity contribution is -0.144. The summed E-state index contributed by atoms with van der Waals surface area (Å²) >= 11 is 0. The number of nitrogens with two attached hydrogens (primary N) is 1. The van der Waals surface area contributed by atoms with E-state index < -0.39 is 0 Å². The number of hydrogen-bond acceptors (Lipinski definition) is 3. The lowest BCUT2D eigenvalue weighted by Crippen LogP contribution is -2.51. The van der Waals surface area contributed by atoms with Crippen molar-refractivity contribution in [3.63, 3.8) is 0 Å². The second-order valence-electron chi connectivity index (χ2n) is 5.83. The summed E-state index contributed by atoms with van der Waals surface area (Å²) in [5.74, 6) is 0.209. The molecule has 2 N–H and O–H groups in total. The number of rotatable bonds is 7. The molecule has 0 aliphatic carbocycles. The van der Waals surface area contributed by atoms with Crippen LogP contribution in [0.1, 0.15) is 52.9 Å². The molecule has 0 radical (unpaired) electrons. The summed E-state index contributed by atoms with van der Waals surface area (Å²) in [7, 11) is 1.91. The van der Waals surface area contributed by atoms with Gasteiger partial charge in [0.2, 0.25) is 5.91 Å². The van der Waals surface area contributed by atoms with Gasteiger partial charge in [0, 0.05) is 20.2 Å². The van der Waals surface area contributed by atoms with Crippen molar-refractivity contribution in [3.05, 3.63) is 0 Å². The third-order valence-electron chi connectivity index (χ3n) is 4.46. The number of carbonyl (C=O) groups excluding carboxylic acids is 1. The van der Waals surface area contributed by atoms with E-state index in [-0.39, 0.29) is 23.5 Å². The fraction of sp³-hybridized carbons (Fsp3) is 0.933. The maximum atomic E-state index is 12.9. The average molecular weight is 270 g/mol.